The van der Waals surface area contributed by atoms with E-state index in [1.54, 1.807) is 0 Å². The molecule has 0 radical (unpaired) electrons. The lowest BCUT2D eigenvalue weighted by Crippen LogP contribution is -2.38. The number of benzene rings is 2. The van der Waals surface area contributed by atoms with Crippen LogP contribution < -0.4 is 4.72 Å². The number of carbonyl (C=O) groups excluding carboxylic acids is 1. The van der Waals surface area contributed by atoms with Crippen LogP contribution in [0.5, 0.6) is 0 Å². The highest BCUT2D eigenvalue weighted by Gasteiger charge is 2.25. The fourth-order valence-corrected chi connectivity index (χ4v) is 4.13. The van der Waals surface area contributed by atoms with E-state index in [1.165, 1.54) is 26.2 Å². The Hall–Kier alpha value is -2.78. The monoisotopic (exact) mass is 392 g/mol. The molecule has 0 saturated carbocycles. The first-order chi connectivity index (χ1) is 12.7. The highest BCUT2D eigenvalue weighted by molar-refractivity contribution is 7.89. The van der Waals surface area contributed by atoms with Crippen molar-refractivity contribution >= 4 is 21.7 Å². The van der Waals surface area contributed by atoms with Gasteiger partial charge in [-0.3, -0.25) is 14.9 Å². The van der Waals surface area contributed by atoms with Crippen LogP contribution in [-0.4, -0.2) is 32.5 Å². The van der Waals surface area contributed by atoms with Crippen molar-refractivity contribution in [2.45, 2.75) is 30.7 Å². The van der Waals surface area contributed by atoms with Gasteiger partial charge >= 0.3 is 5.97 Å². The molecular formula is C18H20N2O6S. The van der Waals surface area contributed by atoms with Crippen LogP contribution in [0.2, 0.25) is 0 Å². The number of carbonyl (C=O) groups is 1. The van der Waals surface area contributed by atoms with E-state index in [1.807, 2.05) is 30.3 Å². The normalized spacial score (nSPS) is 12.4. The first-order valence-electron chi connectivity index (χ1n) is 8.11. The summed E-state index contributed by atoms with van der Waals surface area (Å²) in [6, 6.07) is 11.9. The lowest BCUT2D eigenvalue weighted by atomic mass is 10.0. The average Bonchev–Trinajstić information content (AvgIpc) is 2.61. The first-order valence-corrected chi connectivity index (χ1v) is 9.59. The van der Waals surface area contributed by atoms with Gasteiger partial charge in [0.25, 0.3) is 5.69 Å². The molecule has 1 N–H and O–H groups in total. The molecule has 8 nitrogen and oxygen atoms in total. The van der Waals surface area contributed by atoms with E-state index in [-0.39, 0.29) is 22.6 Å². The molecule has 0 heterocycles. The molecule has 0 amide bonds. The molecule has 0 fully saturated rings. The molecule has 0 aliphatic carbocycles. The predicted octanol–water partition coefficient (Wildman–Crippen LogP) is 2.36. The van der Waals surface area contributed by atoms with Crippen molar-refractivity contribution in [1.82, 2.24) is 4.72 Å². The molecular weight excluding hydrogens is 372 g/mol. The highest BCUT2D eigenvalue weighted by Crippen LogP contribution is 2.22. The number of esters is 1. The Morgan fingerprint density at radius 1 is 1.22 bits per heavy atom. The summed E-state index contributed by atoms with van der Waals surface area (Å²) in [5.41, 5.74) is 0.907. The first kappa shape index (κ1) is 20.5. The summed E-state index contributed by atoms with van der Waals surface area (Å²) >= 11 is 0. The van der Waals surface area contributed by atoms with Crippen LogP contribution in [0, 0.1) is 17.0 Å². The summed E-state index contributed by atoms with van der Waals surface area (Å²) in [7, 11) is -2.75. The third-order valence-electron chi connectivity index (χ3n) is 3.95. The van der Waals surface area contributed by atoms with Gasteiger partial charge in [-0.05, 0) is 30.5 Å². The molecule has 0 spiro atoms. The maximum Gasteiger partial charge on any atom is 0.307 e. The Morgan fingerprint density at radius 3 is 2.44 bits per heavy atom. The summed E-state index contributed by atoms with van der Waals surface area (Å²) < 4.78 is 32.7. The number of hydrogen-bond donors (Lipinski definition) is 1. The summed E-state index contributed by atoms with van der Waals surface area (Å²) in [6.07, 6.45) is 0.151. The standard InChI is InChI=1S/C18H20N2O6S/c1-13-10-16(20(22)23)8-9-17(13)27(24,25)19-15(12-18(21)26-2)11-14-6-4-3-5-7-14/h3-10,15,19H,11-12H2,1-2H3. The van der Waals surface area contributed by atoms with Crippen LogP contribution in [0.25, 0.3) is 0 Å². The van der Waals surface area contributed by atoms with E-state index in [0.717, 1.165) is 11.6 Å². The van der Waals surface area contributed by atoms with Gasteiger partial charge in [-0.2, -0.15) is 0 Å². The van der Waals surface area contributed by atoms with E-state index >= 15 is 0 Å². The number of nitro groups is 1. The van der Waals surface area contributed by atoms with Crippen LogP contribution in [0.15, 0.2) is 53.4 Å². The van der Waals surface area contributed by atoms with Crippen molar-refractivity contribution in [2.24, 2.45) is 0 Å². The molecule has 2 rings (SSSR count). The summed E-state index contributed by atoms with van der Waals surface area (Å²) in [5.74, 6) is -0.543. The smallest absolute Gasteiger partial charge is 0.307 e. The van der Waals surface area contributed by atoms with Crippen molar-refractivity contribution in [1.29, 1.82) is 0 Å². The number of hydrogen-bond acceptors (Lipinski definition) is 6. The van der Waals surface area contributed by atoms with Crippen molar-refractivity contribution in [3.05, 3.63) is 69.8 Å². The largest absolute Gasteiger partial charge is 0.469 e. The molecule has 27 heavy (non-hydrogen) atoms. The Kier molecular flexibility index (Phi) is 6.65. The summed E-state index contributed by atoms with van der Waals surface area (Å²) in [5, 5.41) is 10.8. The average molecular weight is 392 g/mol. The maximum absolute atomic E-state index is 12.8. The van der Waals surface area contributed by atoms with Crippen molar-refractivity contribution in [3.63, 3.8) is 0 Å². The topological polar surface area (TPSA) is 116 Å². The van der Waals surface area contributed by atoms with Gasteiger partial charge in [0.05, 0.1) is 23.3 Å². The van der Waals surface area contributed by atoms with Gasteiger partial charge < -0.3 is 4.74 Å². The number of nitrogens with zero attached hydrogens (tertiary/aromatic N) is 1. The van der Waals surface area contributed by atoms with Crippen LogP contribution in [0.3, 0.4) is 0 Å². The lowest BCUT2D eigenvalue weighted by Gasteiger charge is -2.19. The molecule has 0 aliphatic rings. The Morgan fingerprint density at radius 2 is 1.89 bits per heavy atom. The zero-order valence-electron chi connectivity index (χ0n) is 14.9. The summed E-state index contributed by atoms with van der Waals surface area (Å²) in [6.45, 7) is 1.48. The molecule has 1 unspecified atom stereocenters. The number of nitro benzene ring substituents is 1. The number of nitrogens with one attached hydrogen (secondary N) is 1. The van der Waals surface area contributed by atoms with Crippen molar-refractivity contribution < 1.29 is 22.9 Å². The molecule has 1 atom stereocenters. The number of sulfonamides is 1. The zero-order chi connectivity index (χ0) is 20.0. The quantitative estimate of drug-likeness (QED) is 0.419. The molecule has 0 aliphatic heterocycles. The van der Waals surface area contributed by atoms with Crippen LogP contribution >= 0.6 is 0 Å². The van der Waals surface area contributed by atoms with E-state index in [9.17, 15) is 23.3 Å². The molecule has 2 aromatic rings. The minimum absolute atomic E-state index is 0.0731. The molecule has 9 heteroatoms. The molecule has 0 saturated heterocycles. The number of rotatable bonds is 8. The van der Waals surface area contributed by atoms with Gasteiger partial charge in [0, 0.05) is 18.2 Å². The molecule has 0 bridgehead atoms. The van der Waals surface area contributed by atoms with E-state index in [4.69, 9.17) is 0 Å². The second-order valence-electron chi connectivity index (χ2n) is 6.00. The number of aryl methyl sites for hydroxylation is 1. The highest BCUT2D eigenvalue weighted by atomic mass is 32.2. The van der Waals surface area contributed by atoms with E-state index in [0.29, 0.717) is 6.42 Å². The molecule has 0 aromatic heterocycles. The van der Waals surface area contributed by atoms with Gasteiger partial charge in [0.2, 0.25) is 10.0 Å². The number of methoxy groups -OCH3 is 1. The second kappa shape index (κ2) is 8.74. The van der Waals surface area contributed by atoms with Gasteiger partial charge in [-0.15, -0.1) is 0 Å². The van der Waals surface area contributed by atoms with Gasteiger partial charge in [0.15, 0.2) is 0 Å². The molecule has 2 aromatic carbocycles. The predicted molar refractivity (Wildman–Crippen MR) is 98.7 cm³/mol. The SMILES string of the molecule is COC(=O)CC(Cc1ccccc1)NS(=O)(=O)c1ccc([N+](=O)[O-])cc1C. The van der Waals surface area contributed by atoms with Crippen LogP contribution in [0.4, 0.5) is 5.69 Å². The second-order valence-corrected chi connectivity index (χ2v) is 7.68. The fourth-order valence-electron chi connectivity index (χ4n) is 2.67. The van der Waals surface area contributed by atoms with Crippen molar-refractivity contribution in [3.8, 4) is 0 Å². The summed E-state index contributed by atoms with van der Waals surface area (Å²) in [4.78, 5) is 21.9. The van der Waals surface area contributed by atoms with Gasteiger partial charge in [0.1, 0.15) is 0 Å². The number of non-ortho nitro benzene ring substituents is 1. The third kappa shape index (κ3) is 5.60. The Bertz CT molecular complexity index is 928. The maximum atomic E-state index is 12.8. The Balaban J connectivity index is 2.28. The fraction of sp³-hybridized carbons (Fsp3) is 0.278. The Labute approximate surface area is 157 Å². The van der Waals surface area contributed by atoms with Crippen molar-refractivity contribution in [2.75, 3.05) is 7.11 Å². The van der Waals surface area contributed by atoms with Crippen LogP contribution in [0.1, 0.15) is 17.5 Å². The zero-order valence-corrected chi connectivity index (χ0v) is 15.7. The molecule has 144 valence electrons. The van der Waals surface area contributed by atoms with E-state index in [2.05, 4.69) is 9.46 Å². The number of ether oxygens (including phenoxy) is 1. The lowest BCUT2D eigenvalue weighted by molar-refractivity contribution is -0.385. The van der Waals surface area contributed by atoms with Gasteiger partial charge in [-0.1, -0.05) is 30.3 Å². The van der Waals surface area contributed by atoms with Crippen LogP contribution in [-0.2, 0) is 26.0 Å². The minimum atomic E-state index is -3.99. The third-order valence-corrected chi connectivity index (χ3v) is 5.63. The van der Waals surface area contributed by atoms with Gasteiger partial charge in [-0.25, -0.2) is 13.1 Å². The van der Waals surface area contributed by atoms with E-state index < -0.39 is 27.0 Å². The minimum Gasteiger partial charge on any atom is -0.469 e.